The maximum Gasteiger partial charge on any atom is 0.328 e. The van der Waals surface area contributed by atoms with Crippen LogP contribution in [-0.2, 0) is 22.6 Å². The smallest absolute Gasteiger partial charge is 0.328 e. The lowest BCUT2D eigenvalue weighted by molar-refractivity contribution is -0.131. The van der Waals surface area contributed by atoms with Gasteiger partial charge in [0.1, 0.15) is 5.75 Å². The van der Waals surface area contributed by atoms with E-state index in [4.69, 9.17) is 9.84 Å². The number of aromatic nitrogens is 1. The molecule has 3 aromatic carbocycles. The van der Waals surface area contributed by atoms with Crippen molar-refractivity contribution in [3.05, 3.63) is 89.0 Å². The summed E-state index contributed by atoms with van der Waals surface area (Å²) in [5, 5.41) is 13.3. The van der Waals surface area contributed by atoms with E-state index in [9.17, 15) is 14.4 Å². The van der Waals surface area contributed by atoms with E-state index in [0.717, 1.165) is 54.5 Å². The van der Waals surface area contributed by atoms with Gasteiger partial charge in [-0.25, -0.2) is 4.79 Å². The number of methoxy groups -OCH3 is 1. The van der Waals surface area contributed by atoms with Crippen LogP contribution in [0.2, 0.25) is 0 Å². The van der Waals surface area contributed by atoms with Crippen molar-refractivity contribution in [2.24, 2.45) is 0 Å². The highest BCUT2D eigenvalue weighted by Crippen LogP contribution is 2.48. The first-order valence-electron chi connectivity index (χ1n) is 17.8. The molecule has 0 bridgehead atoms. The summed E-state index contributed by atoms with van der Waals surface area (Å²) in [6, 6.07) is 19.9. The summed E-state index contributed by atoms with van der Waals surface area (Å²) < 4.78 is 8.09. The second-order valence-corrected chi connectivity index (χ2v) is 13.8. The van der Waals surface area contributed by atoms with Gasteiger partial charge < -0.3 is 24.6 Å². The number of ether oxygens (including phenoxy) is 1. The third-order valence-electron chi connectivity index (χ3n) is 11.0. The number of carbonyl (C=O) groups excluding carboxylic acids is 2. The molecule has 2 fully saturated rings. The lowest BCUT2D eigenvalue weighted by Gasteiger charge is -2.41. The maximum absolute atomic E-state index is 14.0. The zero-order chi connectivity index (χ0) is 34.1. The van der Waals surface area contributed by atoms with Crippen molar-refractivity contribution in [3.8, 4) is 17.0 Å². The topological polar surface area (TPSA) is 101 Å². The van der Waals surface area contributed by atoms with E-state index in [1.807, 2.05) is 24.3 Å². The van der Waals surface area contributed by atoms with Gasteiger partial charge in [0.2, 0.25) is 0 Å². The first kappa shape index (κ1) is 32.7. The van der Waals surface area contributed by atoms with E-state index < -0.39 is 11.5 Å². The molecule has 1 amide bonds. The summed E-state index contributed by atoms with van der Waals surface area (Å²) in [4.78, 5) is 41.0. The number of nitrogens with one attached hydrogen (secondary N) is 1. The Hall–Kier alpha value is -4.85. The number of ketones is 1. The number of aliphatic carboxylic acids is 1. The van der Waals surface area contributed by atoms with Crippen molar-refractivity contribution >= 4 is 40.3 Å². The molecule has 0 radical (unpaired) electrons. The normalized spacial score (nSPS) is 17.2. The van der Waals surface area contributed by atoms with Gasteiger partial charge >= 0.3 is 5.97 Å². The third kappa shape index (κ3) is 6.25. The molecule has 254 valence electrons. The number of likely N-dealkylation sites (N-methyl/N-ethyl adjacent to an activating group) is 1. The number of fused-ring (bicyclic) bond motifs is 5. The Morgan fingerprint density at radius 3 is 2.41 bits per heavy atom. The number of carboxylic acids is 1. The number of benzene rings is 3. The Kier molecular flexibility index (Phi) is 9.05. The molecule has 2 aliphatic carbocycles. The maximum atomic E-state index is 14.0. The van der Waals surface area contributed by atoms with Gasteiger partial charge in [0.25, 0.3) is 5.91 Å². The molecular weight excluding hydrogens is 614 g/mol. The van der Waals surface area contributed by atoms with Crippen LogP contribution in [0.5, 0.6) is 5.75 Å². The van der Waals surface area contributed by atoms with E-state index >= 15 is 0 Å². The minimum absolute atomic E-state index is 0.00448. The van der Waals surface area contributed by atoms with Crippen LogP contribution in [0.25, 0.3) is 28.2 Å². The second kappa shape index (κ2) is 13.6. The van der Waals surface area contributed by atoms with Crippen molar-refractivity contribution in [1.29, 1.82) is 0 Å². The molecule has 2 heterocycles. The Balaban J connectivity index is 1.21. The molecule has 8 nitrogen and oxygen atoms in total. The van der Waals surface area contributed by atoms with Gasteiger partial charge in [-0.3, -0.25) is 9.59 Å². The fourth-order valence-corrected chi connectivity index (χ4v) is 8.18. The predicted molar refractivity (Wildman–Crippen MR) is 194 cm³/mol. The number of carbonyl (C=O) groups is 3. The van der Waals surface area contributed by atoms with Gasteiger partial charge in [-0.15, -0.1) is 0 Å². The minimum Gasteiger partial charge on any atom is -0.497 e. The van der Waals surface area contributed by atoms with E-state index in [1.165, 1.54) is 66.1 Å². The monoisotopic (exact) mass is 659 g/mol. The molecule has 3 aliphatic rings. The summed E-state index contributed by atoms with van der Waals surface area (Å²) in [5.41, 5.74) is 7.44. The average molecular weight is 660 g/mol. The highest BCUT2D eigenvalue weighted by Gasteiger charge is 2.45. The number of Topliss-reactive ketones (excluding diaryl/α,β-unsaturated/α-hetero) is 1. The number of nitrogens with zero attached hydrogens (tertiary/aromatic N) is 2. The summed E-state index contributed by atoms with van der Waals surface area (Å²) in [7, 11) is 1.72. The molecule has 2 saturated carbocycles. The van der Waals surface area contributed by atoms with E-state index in [-0.39, 0.29) is 18.1 Å². The van der Waals surface area contributed by atoms with Gasteiger partial charge in [-0.05, 0) is 92.0 Å². The number of anilines is 1. The lowest BCUT2D eigenvalue weighted by Crippen LogP contribution is -2.59. The second-order valence-electron chi connectivity index (χ2n) is 13.8. The van der Waals surface area contributed by atoms with Crippen LogP contribution in [0.1, 0.15) is 91.3 Å². The summed E-state index contributed by atoms with van der Waals surface area (Å²) in [6.07, 6.45) is 11.0. The number of rotatable bonds is 10. The fourth-order valence-electron chi connectivity index (χ4n) is 8.18. The molecule has 8 heteroatoms. The largest absolute Gasteiger partial charge is 0.497 e. The minimum atomic E-state index is -1.01. The van der Waals surface area contributed by atoms with Gasteiger partial charge in [0.15, 0.2) is 5.78 Å². The number of hydrogen-bond donors (Lipinski definition) is 2. The number of hydrogen-bond acceptors (Lipinski definition) is 5. The van der Waals surface area contributed by atoms with Crippen LogP contribution in [0, 0.1) is 0 Å². The first-order valence-corrected chi connectivity index (χ1v) is 17.8. The third-order valence-corrected chi connectivity index (χ3v) is 11.0. The van der Waals surface area contributed by atoms with E-state index in [0.29, 0.717) is 24.3 Å². The summed E-state index contributed by atoms with van der Waals surface area (Å²) in [6.45, 7) is 4.74. The van der Waals surface area contributed by atoms with Crippen molar-refractivity contribution in [2.75, 3.05) is 25.1 Å². The molecule has 1 aliphatic heterocycles. The van der Waals surface area contributed by atoms with E-state index in [1.54, 1.807) is 19.2 Å². The van der Waals surface area contributed by atoms with Crippen molar-refractivity contribution < 1.29 is 24.2 Å². The van der Waals surface area contributed by atoms with Crippen LogP contribution >= 0.6 is 0 Å². The number of amides is 1. The van der Waals surface area contributed by atoms with Crippen molar-refractivity contribution in [1.82, 2.24) is 9.88 Å². The Labute approximate surface area is 287 Å². The predicted octanol–water partition coefficient (Wildman–Crippen LogP) is 7.77. The highest BCUT2D eigenvalue weighted by molar-refractivity contribution is 6.04. The van der Waals surface area contributed by atoms with Gasteiger partial charge in [-0.2, -0.15) is 0 Å². The summed E-state index contributed by atoms with van der Waals surface area (Å²) in [5.74, 6) is 0.1000. The van der Waals surface area contributed by atoms with Gasteiger partial charge in [0.05, 0.1) is 18.3 Å². The summed E-state index contributed by atoms with van der Waals surface area (Å²) >= 11 is 0. The van der Waals surface area contributed by atoms with Gasteiger partial charge in [-0.1, -0.05) is 49.6 Å². The molecule has 49 heavy (non-hydrogen) atoms. The molecule has 1 aromatic heterocycles. The quantitative estimate of drug-likeness (QED) is 0.169. The Morgan fingerprint density at radius 1 is 0.959 bits per heavy atom. The highest BCUT2D eigenvalue weighted by atomic mass is 16.5. The molecule has 0 saturated heterocycles. The Bertz CT molecular complexity index is 1930. The van der Waals surface area contributed by atoms with Crippen molar-refractivity contribution in [2.45, 2.75) is 82.7 Å². The van der Waals surface area contributed by atoms with Crippen LogP contribution in [0.15, 0.2) is 66.7 Å². The van der Waals surface area contributed by atoms with Crippen LogP contribution in [0.3, 0.4) is 0 Å². The lowest BCUT2D eigenvalue weighted by atomic mass is 9.72. The number of carboxylic acid groups (broad SMARTS) is 1. The van der Waals surface area contributed by atoms with Crippen molar-refractivity contribution in [3.63, 3.8) is 0 Å². The molecule has 4 aromatic rings. The first-order chi connectivity index (χ1) is 23.8. The Morgan fingerprint density at radius 2 is 1.73 bits per heavy atom. The molecule has 0 unspecified atom stereocenters. The molecule has 0 spiro atoms. The SMILES string of the molecule is CCN1CCn2c(c(C3CCCCC3)c3ccc(C(=O)NC4(C(=O)Cc5ccc(/C=C/C(=O)O)cc5)CCC4)cc32)-c2ccc(OC)cc21. The standard InChI is InChI=1S/C41H45N3O5/c1-3-43-22-23-44-35-25-30(40(48)42-41(20-7-21-41)36(45)24-28-12-10-27(11-13-28)14-19-37(46)47)15-17-32(35)38(29-8-5-4-6-9-29)39(44)33-18-16-31(49-2)26-34(33)43/h10-19,25-26,29H,3-9,20-24H2,1-2H3,(H,42,48)(H,46,47)/b19-14+. The average Bonchev–Trinajstić information content (AvgIpc) is 3.33. The zero-order valence-corrected chi connectivity index (χ0v) is 28.5. The zero-order valence-electron chi connectivity index (χ0n) is 28.5. The molecule has 2 N–H and O–H groups in total. The van der Waals surface area contributed by atoms with Crippen LogP contribution in [0.4, 0.5) is 5.69 Å². The van der Waals surface area contributed by atoms with Crippen LogP contribution < -0.4 is 15.0 Å². The van der Waals surface area contributed by atoms with Gasteiger partial charge in [0, 0.05) is 65.9 Å². The molecule has 0 atom stereocenters. The van der Waals surface area contributed by atoms with Crippen LogP contribution in [-0.4, -0.2) is 53.1 Å². The fraction of sp³-hybridized carbons (Fsp3) is 0.390. The van der Waals surface area contributed by atoms with E-state index in [2.05, 4.69) is 46.0 Å². The molecule has 7 rings (SSSR count). The molecular formula is C41H45N3O5.